The minimum absolute atomic E-state index is 0.874. The normalized spacial score (nSPS) is 11.2. The second-order valence-electron chi connectivity index (χ2n) is 8.51. The Kier molecular flexibility index (Phi) is 4.84. The van der Waals surface area contributed by atoms with Crippen LogP contribution in [0.4, 0.5) is 0 Å². The first kappa shape index (κ1) is 20.2. The predicted octanol–water partition coefficient (Wildman–Crippen LogP) is 7.09. The van der Waals surface area contributed by atoms with Gasteiger partial charge in [0.25, 0.3) is 0 Å². The van der Waals surface area contributed by atoms with E-state index in [1.165, 1.54) is 22.3 Å². The first-order chi connectivity index (χ1) is 16.7. The molecule has 0 atom stereocenters. The summed E-state index contributed by atoms with van der Waals surface area (Å²) >= 11 is 0. The number of rotatable bonds is 3. The van der Waals surface area contributed by atoms with Gasteiger partial charge in [-0.15, -0.1) is 0 Å². The van der Waals surface area contributed by atoms with Gasteiger partial charge in [0.2, 0.25) is 0 Å². The van der Waals surface area contributed by atoms with Gasteiger partial charge in [-0.05, 0) is 59.4 Å². The average Bonchev–Trinajstić information content (AvgIpc) is 3.14. The van der Waals surface area contributed by atoms with Gasteiger partial charge in [0.15, 0.2) is 0 Å². The van der Waals surface area contributed by atoms with E-state index >= 15 is 0 Å². The summed E-state index contributed by atoms with van der Waals surface area (Å²) in [5, 5.41) is 0. The highest BCUT2D eigenvalue weighted by atomic mass is 14.8. The zero-order chi connectivity index (χ0) is 23.1. The van der Waals surface area contributed by atoms with Crippen LogP contribution >= 0.6 is 0 Å². The molecule has 4 heteroatoms. The molecule has 34 heavy (non-hydrogen) atoms. The SMILES string of the molecule is Cc1cnc(-c2cc(-c3cc(-c4cnc(C)cn4)c4cccccc3-4)c3cccccc2-3)cn1. The second-order valence-corrected chi connectivity index (χ2v) is 8.51. The first-order valence-electron chi connectivity index (χ1n) is 11.3. The van der Waals surface area contributed by atoms with Crippen molar-refractivity contribution in [2.24, 2.45) is 0 Å². The third-order valence-electron chi connectivity index (χ3n) is 6.22. The molecule has 0 unspecified atom stereocenters. The molecule has 4 aliphatic carbocycles. The van der Waals surface area contributed by atoms with Gasteiger partial charge in [-0.1, -0.05) is 60.7 Å². The maximum atomic E-state index is 4.68. The fraction of sp³-hybridized carbons (Fsp3) is 0.0667. The molecule has 0 radical (unpaired) electrons. The molecule has 4 nitrogen and oxygen atoms in total. The molecular formula is C30H22N4. The van der Waals surface area contributed by atoms with Crippen LogP contribution in [0.25, 0.3) is 55.9 Å². The smallest absolute Gasteiger partial charge is 0.0891 e. The minimum Gasteiger partial charge on any atom is -0.258 e. The van der Waals surface area contributed by atoms with Gasteiger partial charge in [0, 0.05) is 23.5 Å². The van der Waals surface area contributed by atoms with Gasteiger partial charge in [0.1, 0.15) is 0 Å². The largest absolute Gasteiger partial charge is 0.258 e. The van der Waals surface area contributed by atoms with Crippen molar-refractivity contribution in [1.29, 1.82) is 0 Å². The lowest BCUT2D eigenvalue weighted by Crippen LogP contribution is -1.87. The average molecular weight is 439 g/mol. The maximum Gasteiger partial charge on any atom is 0.0891 e. The molecule has 2 heterocycles. The molecule has 6 rings (SSSR count). The van der Waals surface area contributed by atoms with E-state index in [-0.39, 0.29) is 0 Å². The number of hydrogen-bond acceptors (Lipinski definition) is 4. The van der Waals surface area contributed by atoms with E-state index in [0.717, 1.165) is 45.0 Å². The number of hydrogen-bond donors (Lipinski definition) is 0. The third kappa shape index (κ3) is 3.41. The molecule has 0 amide bonds. The highest BCUT2D eigenvalue weighted by Crippen LogP contribution is 2.49. The Balaban J connectivity index is 1.63. The summed E-state index contributed by atoms with van der Waals surface area (Å²) in [5.41, 5.74) is 12.8. The summed E-state index contributed by atoms with van der Waals surface area (Å²) in [6.45, 7) is 3.91. The summed E-state index contributed by atoms with van der Waals surface area (Å²) in [7, 11) is 0. The third-order valence-corrected chi connectivity index (χ3v) is 6.22. The quantitative estimate of drug-likeness (QED) is 0.296. The van der Waals surface area contributed by atoms with Crippen LogP contribution < -0.4 is 0 Å². The highest BCUT2D eigenvalue weighted by molar-refractivity contribution is 6.04. The van der Waals surface area contributed by atoms with Gasteiger partial charge in [0.05, 0.1) is 35.2 Å². The molecule has 162 valence electrons. The lowest BCUT2D eigenvalue weighted by molar-refractivity contribution is 1.12. The minimum atomic E-state index is 0.874. The van der Waals surface area contributed by atoms with E-state index < -0.39 is 0 Å². The lowest BCUT2D eigenvalue weighted by atomic mass is 10.00. The molecule has 0 spiro atoms. The molecule has 0 aliphatic heterocycles. The van der Waals surface area contributed by atoms with Crippen LogP contribution in [0.3, 0.4) is 0 Å². The van der Waals surface area contributed by atoms with Gasteiger partial charge >= 0.3 is 0 Å². The summed E-state index contributed by atoms with van der Waals surface area (Å²) in [6.07, 6.45) is 7.36. The Labute approximate surface area is 198 Å². The second kappa shape index (κ2) is 8.16. The Bertz CT molecular complexity index is 1430. The molecule has 0 bridgehead atoms. The molecule has 0 N–H and O–H groups in total. The maximum absolute atomic E-state index is 4.68. The van der Waals surface area contributed by atoms with Crippen LogP contribution in [0, 0.1) is 13.8 Å². The highest BCUT2D eigenvalue weighted by Gasteiger charge is 2.24. The van der Waals surface area contributed by atoms with Gasteiger partial charge in [-0.25, -0.2) is 0 Å². The van der Waals surface area contributed by atoms with Gasteiger partial charge in [-0.2, -0.15) is 0 Å². The van der Waals surface area contributed by atoms with Crippen LogP contribution in [0.15, 0.2) is 97.6 Å². The summed E-state index contributed by atoms with van der Waals surface area (Å²) in [4.78, 5) is 18.3. The van der Waals surface area contributed by atoms with Crippen molar-refractivity contribution in [3.63, 3.8) is 0 Å². The molecule has 0 aromatic carbocycles. The standard InChI is InChI=1S/C30H22N4/c1-19-15-33-29(17-31-19)27-13-25(21-9-5-3-7-11-23(21)27)26-14-28(30-18-32-20(2)16-34-30)24-12-8-4-6-10-22(24)26/h3-18H,1-2H3. The van der Waals surface area contributed by atoms with E-state index in [0.29, 0.717) is 0 Å². The fourth-order valence-electron chi connectivity index (χ4n) is 4.57. The monoisotopic (exact) mass is 438 g/mol. The first-order valence-corrected chi connectivity index (χ1v) is 11.3. The van der Waals surface area contributed by atoms with E-state index in [2.05, 4.69) is 92.7 Å². The lowest BCUT2D eigenvalue weighted by Gasteiger charge is -2.04. The van der Waals surface area contributed by atoms with Crippen molar-refractivity contribution in [1.82, 2.24) is 19.9 Å². The van der Waals surface area contributed by atoms with E-state index in [4.69, 9.17) is 0 Å². The van der Waals surface area contributed by atoms with Crippen molar-refractivity contribution < 1.29 is 0 Å². The Morgan fingerprint density at radius 3 is 1.12 bits per heavy atom. The van der Waals surface area contributed by atoms with Crippen molar-refractivity contribution in [2.75, 3.05) is 0 Å². The number of fused-ring (bicyclic) bond motifs is 2. The predicted molar refractivity (Wildman–Crippen MR) is 137 cm³/mol. The van der Waals surface area contributed by atoms with Crippen LogP contribution in [0.1, 0.15) is 11.4 Å². The van der Waals surface area contributed by atoms with Gasteiger partial charge < -0.3 is 0 Å². The summed E-state index contributed by atoms with van der Waals surface area (Å²) < 4.78 is 0. The molecular weight excluding hydrogens is 416 g/mol. The van der Waals surface area contributed by atoms with Crippen molar-refractivity contribution >= 4 is 0 Å². The fourth-order valence-corrected chi connectivity index (χ4v) is 4.57. The number of nitrogens with zero attached hydrogens (tertiary/aromatic N) is 4. The van der Waals surface area contributed by atoms with Crippen LogP contribution in [-0.2, 0) is 0 Å². The zero-order valence-corrected chi connectivity index (χ0v) is 19.0. The van der Waals surface area contributed by atoms with E-state index in [9.17, 15) is 0 Å². The van der Waals surface area contributed by atoms with Crippen molar-refractivity contribution in [3.05, 3.63) is 109 Å². The van der Waals surface area contributed by atoms with Crippen LogP contribution in [0.5, 0.6) is 0 Å². The molecule has 2 aromatic heterocycles. The molecule has 0 saturated heterocycles. The van der Waals surface area contributed by atoms with E-state index in [1.807, 2.05) is 38.6 Å². The van der Waals surface area contributed by atoms with E-state index in [1.54, 1.807) is 0 Å². The molecule has 0 fully saturated rings. The van der Waals surface area contributed by atoms with Crippen molar-refractivity contribution in [2.45, 2.75) is 13.8 Å². The van der Waals surface area contributed by atoms with Crippen LogP contribution in [-0.4, -0.2) is 19.9 Å². The number of aryl methyl sites for hydroxylation is 2. The Hall–Kier alpha value is -4.44. The zero-order valence-electron chi connectivity index (χ0n) is 19.0. The van der Waals surface area contributed by atoms with Crippen molar-refractivity contribution in [3.8, 4) is 55.9 Å². The van der Waals surface area contributed by atoms with Gasteiger partial charge in [-0.3, -0.25) is 19.9 Å². The Morgan fingerprint density at radius 2 is 0.765 bits per heavy atom. The molecule has 0 saturated carbocycles. The molecule has 4 aliphatic rings. The summed E-state index contributed by atoms with van der Waals surface area (Å²) in [5.74, 6) is 0. The number of aromatic nitrogens is 4. The van der Waals surface area contributed by atoms with Crippen LogP contribution in [0.2, 0.25) is 0 Å². The summed E-state index contributed by atoms with van der Waals surface area (Å²) in [6, 6.07) is 25.6. The Morgan fingerprint density at radius 1 is 0.382 bits per heavy atom. The topological polar surface area (TPSA) is 51.6 Å². The molecule has 2 aromatic rings.